The molecule has 0 bridgehead atoms. The van der Waals surface area contributed by atoms with Crippen LogP contribution in [0.3, 0.4) is 0 Å². The number of nitro benzene ring substituents is 1. The summed E-state index contributed by atoms with van der Waals surface area (Å²) in [5.41, 5.74) is 3.52. The first-order valence-electron chi connectivity index (χ1n) is 7.78. The van der Waals surface area contributed by atoms with Crippen molar-refractivity contribution in [2.45, 2.75) is 6.54 Å². The summed E-state index contributed by atoms with van der Waals surface area (Å²) >= 11 is 0. The summed E-state index contributed by atoms with van der Waals surface area (Å²) in [4.78, 5) is 15.8. The van der Waals surface area contributed by atoms with E-state index < -0.39 is 0 Å². The number of rotatable bonds is 6. The number of fused-ring (bicyclic) bond motifs is 1. The van der Waals surface area contributed by atoms with Crippen molar-refractivity contribution in [1.82, 2.24) is 9.88 Å². The van der Waals surface area contributed by atoms with E-state index >= 15 is 0 Å². The molecule has 1 N–H and O–H groups in total. The third kappa shape index (κ3) is 3.70. The Morgan fingerprint density at radius 3 is 2.71 bits per heavy atom. The Hall–Kier alpha value is -2.92. The Balaban J connectivity index is 1.60. The Morgan fingerprint density at radius 2 is 1.96 bits per heavy atom. The average Bonchev–Trinajstić information content (AvgIpc) is 3.05. The molecule has 0 saturated heterocycles. The van der Waals surface area contributed by atoms with Gasteiger partial charge in [0, 0.05) is 36.9 Å². The molecule has 5 heteroatoms. The number of aromatic amines is 1. The lowest BCUT2D eigenvalue weighted by atomic mass is 10.1. The van der Waals surface area contributed by atoms with Gasteiger partial charge in [0.15, 0.2) is 0 Å². The third-order valence-corrected chi connectivity index (χ3v) is 3.95. The van der Waals surface area contributed by atoms with Crippen LogP contribution in [0.5, 0.6) is 0 Å². The predicted molar refractivity (Wildman–Crippen MR) is 96.8 cm³/mol. The Labute approximate surface area is 140 Å². The van der Waals surface area contributed by atoms with Gasteiger partial charge >= 0.3 is 0 Å². The molecular formula is C19H19N3O2. The maximum absolute atomic E-state index is 10.6. The molecule has 0 radical (unpaired) electrons. The summed E-state index contributed by atoms with van der Waals surface area (Å²) in [7, 11) is 2.07. The quantitative estimate of drug-likeness (QED) is 0.546. The molecule has 0 saturated carbocycles. The summed E-state index contributed by atoms with van der Waals surface area (Å²) < 4.78 is 0. The molecule has 0 unspecified atom stereocenters. The first-order valence-corrected chi connectivity index (χ1v) is 7.78. The number of hydrogen-bond acceptors (Lipinski definition) is 3. The number of nitrogens with zero attached hydrogens (tertiary/aromatic N) is 2. The van der Waals surface area contributed by atoms with Crippen LogP contribution in [0.2, 0.25) is 0 Å². The number of H-pyrrole nitrogens is 1. The summed E-state index contributed by atoms with van der Waals surface area (Å²) in [6.45, 7) is 1.65. The zero-order valence-corrected chi connectivity index (χ0v) is 13.5. The van der Waals surface area contributed by atoms with Crippen LogP contribution in [0.15, 0.2) is 60.8 Å². The van der Waals surface area contributed by atoms with E-state index in [1.54, 1.807) is 12.1 Å². The highest BCUT2D eigenvalue weighted by Crippen LogP contribution is 2.18. The topological polar surface area (TPSA) is 62.2 Å². The van der Waals surface area contributed by atoms with Crippen LogP contribution in [0, 0.1) is 10.1 Å². The molecule has 1 heterocycles. The van der Waals surface area contributed by atoms with Gasteiger partial charge in [-0.15, -0.1) is 0 Å². The van der Waals surface area contributed by atoms with Crippen molar-refractivity contribution in [2.24, 2.45) is 0 Å². The van der Waals surface area contributed by atoms with E-state index in [-0.39, 0.29) is 10.6 Å². The van der Waals surface area contributed by atoms with Crippen LogP contribution in [-0.4, -0.2) is 28.4 Å². The molecule has 0 aliphatic rings. The third-order valence-electron chi connectivity index (χ3n) is 3.95. The summed E-state index contributed by atoms with van der Waals surface area (Å²) in [6, 6.07) is 15.0. The fourth-order valence-electron chi connectivity index (χ4n) is 2.71. The highest BCUT2D eigenvalue weighted by molar-refractivity contribution is 5.82. The second-order valence-electron chi connectivity index (χ2n) is 5.81. The van der Waals surface area contributed by atoms with Crippen molar-refractivity contribution in [3.8, 4) is 0 Å². The molecule has 24 heavy (non-hydrogen) atoms. The molecule has 122 valence electrons. The lowest BCUT2D eigenvalue weighted by Crippen LogP contribution is -2.17. The van der Waals surface area contributed by atoms with Gasteiger partial charge in [-0.1, -0.05) is 30.4 Å². The SMILES string of the molecule is CN(C/C=C/c1ccc([N+](=O)[O-])cc1)Cc1cccc2cc[nH]c12. The van der Waals surface area contributed by atoms with Crippen LogP contribution in [-0.2, 0) is 6.54 Å². The number of hydrogen-bond donors (Lipinski definition) is 1. The predicted octanol–water partition coefficient (Wildman–Crippen LogP) is 4.22. The minimum atomic E-state index is -0.386. The number of para-hydroxylation sites is 1. The van der Waals surface area contributed by atoms with Gasteiger partial charge in [0.05, 0.1) is 4.92 Å². The van der Waals surface area contributed by atoms with E-state index in [4.69, 9.17) is 0 Å². The van der Waals surface area contributed by atoms with Crippen LogP contribution in [0.4, 0.5) is 5.69 Å². The van der Waals surface area contributed by atoms with Crippen LogP contribution < -0.4 is 0 Å². The highest BCUT2D eigenvalue weighted by atomic mass is 16.6. The van der Waals surface area contributed by atoms with Crippen molar-refractivity contribution in [1.29, 1.82) is 0 Å². The van der Waals surface area contributed by atoms with Crippen LogP contribution >= 0.6 is 0 Å². The van der Waals surface area contributed by atoms with Crippen molar-refractivity contribution in [3.63, 3.8) is 0 Å². The van der Waals surface area contributed by atoms with Gasteiger partial charge in [0.2, 0.25) is 0 Å². The molecule has 2 aromatic carbocycles. The number of nitrogens with one attached hydrogen (secondary N) is 1. The molecule has 3 rings (SSSR count). The van der Waals surface area contributed by atoms with Gasteiger partial charge in [0.25, 0.3) is 5.69 Å². The van der Waals surface area contributed by atoms with Crippen molar-refractivity contribution < 1.29 is 4.92 Å². The molecule has 5 nitrogen and oxygen atoms in total. The minimum absolute atomic E-state index is 0.114. The van der Waals surface area contributed by atoms with E-state index in [0.717, 1.165) is 18.7 Å². The van der Waals surface area contributed by atoms with Crippen LogP contribution in [0.25, 0.3) is 17.0 Å². The standard InChI is InChI=1S/C19H19N3O2/c1-21(14-17-6-2-5-16-11-12-20-19(16)17)13-3-4-15-7-9-18(10-8-15)22(23)24/h2-12,20H,13-14H2,1H3/b4-3+. The minimum Gasteiger partial charge on any atom is -0.361 e. The molecule has 1 aromatic heterocycles. The second kappa shape index (κ2) is 7.10. The Bertz CT molecular complexity index is 866. The highest BCUT2D eigenvalue weighted by Gasteiger charge is 2.05. The van der Waals surface area contributed by atoms with Gasteiger partial charge in [-0.05, 0) is 41.8 Å². The number of aromatic nitrogens is 1. The van der Waals surface area contributed by atoms with E-state index in [0.29, 0.717) is 0 Å². The van der Waals surface area contributed by atoms with E-state index in [1.807, 2.05) is 12.3 Å². The summed E-state index contributed by atoms with van der Waals surface area (Å²) in [5, 5.41) is 11.9. The zero-order valence-electron chi connectivity index (χ0n) is 13.5. The molecule has 3 aromatic rings. The largest absolute Gasteiger partial charge is 0.361 e. The number of non-ortho nitro benzene ring substituents is 1. The number of likely N-dealkylation sites (N-methyl/N-ethyl adjacent to an activating group) is 1. The number of benzene rings is 2. The van der Waals surface area contributed by atoms with Gasteiger partial charge in [-0.3, -0.25) is 15.0 Å². The van der Waals surface area contributed by atoms with E-state index in [1.165, 1.54) is 28.6 Å². The maximum atomic E-state index is 10.6. The van der Waals surface area contributed by atoms with Gasteiger partial charge in [-0.2, -0.15) is 0 Å². The molecule has 0 atom stereocenters. The fraction of sp³-hybridized carbons (Fsp3) is 0.158. The number of nitro groups is 1. The summed E-state index contributed by atoms with van der Waals surface area (Å²) in [5.74, 6) is 0. The molecule has 0 spiro atoms. The lowest BCUT2D eigenvalue weighted by molar-refractivity contribution is -0.384. The van der Waals surface area contributed by atoms with Gasteiger partial charge in [-0.25, -0.2) is 0 Å². The first kappa shape index (κ1) is 16.0. The van der Waals surface area contributed by atoms with Crippen LogP contribution in [0.1, 0.15) is 11.1 Å². The van der Waals surface area contributed by atoms with E-state index in [9.17, 15) is 10.1 Å². The van der Waals surface area contributed by atoms with Crippen molar-refractivity contribution >= 4 is 22.7 Å². The first-order chi connectivity index (χ1) is 11.6. The molecular weight excluding hydrogens is 302 g/mol. The lowest BCUT2D eigenvalue weighted by Gasteiger charge is -2.15. The molecule has 0 aliphatic heterocycles. The fourth-order valence-corrected chi connectivity index (χ4v) is 2.71. The zero-order chi connectivity index (χ0) is 16.9. The summed E-state index contributed by atoms with van der Waals surface area (Å²) in [6.07, 6.45) is 6.01. The van der Waals surface area contributed by atoms with Gasteiger partial charge < -0.3 is 4.98 Å². The Kier molecular flexibility index (Phi) is 4.72. The van der Waals surface area contributed by atoms with Crippen molar-refractivity contribution in [2.75, 3.05) is 13.6 Å². The smallest absolute Gasteiger partial charge is 0.269 e. The molecule has 0 fully saturated rings. The van der Waals surface area contributed by atoms with Gasteiger partial charge in [0.1, 0.15) is 0 Å². The monoisotopic (exact) mass is 321 g/mol. The second-order valence-corrected chi connectivity index (χ2v) is 5.81. The molecule has 0 aliphatic carbocycles. The average molecular weight is 321 g/mol. The van der Waals surface area contributed by atoms with Crippen molar-refractivity contribution in [3.05, 3.63) is 82.0 Å². The normalized spacial score (nSPS) is 11.6. The van der Waals surface area contributed by atoms with E-state index in [2.05, 4.69) is 47.3 Å². The Morgan fingerprint density at radius 1 is 1.17 bits per heavy atom. The molecule has 0 amide bonds. The maximum Gasteiger partial charge on any atom is 0.269 e.